The van der Waals surface area contributed by atoms with Crippen LogP contribution in [0.5, 0.6) is 5.75 Å². The van der Waals surface area contributed by atoms with Crippen LogP contribution in [-0.4, -0.2) is 21.1 Å². The lowest BCUT2D eigenvalue weighted by Gasteiger charge is -2.15. The first-order valence-electron chi connectivity index (χ1n) is 4.16. The lowest BCUT2D eigenvalue weighted by Crippen LogP contribution is -2.06. The van der Waals surface area contributed by atoms with Crippen LogP contribution < -0.4 is 5.11 Å². The first-order valence-corrected chi connectivity index (χ1v) is 5.69. The molecule has 0 spiro atoms. The average molecular weight is 246 g/mol. The number of carbonyl (C=O) groups excluding carboxylic acids is 1. The van der Waals surface area contributed by atoms with Crippen molar-refractivity contribution in [1.29, 1.82) is 0 Å². The van der Waals surface area contributed by atoms with Crippen LogP contribution in [0.4, 0.5) is 0 Å². The van der Waals surface area contributed by atoms with Crippen LogP contribution in [0.2, 0.25) is 0 Å². The monoisotopic (exact) mass is 246 g/mol. The zero-order valence-corrected chi connectivity index (χ0v) is 9.18. The van der Waals surface area contributed by atoms with E-state index in [0.717, 1.165) is 0 Å². The van der Waals surface area contributed by atoms with Gasteiger partial charge in [0.15, 0.2) is 0 Å². The third-order valence-electron chi connectivity index (χ3n) is 1.84. The SMILES string of the molecule is Cc1ncc(COP(=O)(O)O)c(C=O)c1[O-]. The summed E-state index contributed by atoms with van der Waals surface area (Å²) >= 11 is 0. The fourth-order valence-corrected chi connectivity index (χ4v) is 1.35. The first-order chi connectivity index (χ1) is 7.35. The molecule has 0 radical (unpaired) electrons. The van der Waals surface area contributed by atoms with Crippen LogP contribution >= 0.6 is 7.82 Å². The fourth-order valence-electron chi connectivity index (χ4n) is 1.04. The van der Waals surface area contributed by atoms with Gasteiger partial charge in [-0.3, -0.25) is 14.3 Å². The predicted octanol–water partition coefficient (Wildman–Crippen LogP) is -0.115. The molecule has 1 heterocycles. The quantitative estimate of drug-likeness (QED) is 0.561. The molecule has 8 heteroatoms. The molecule has 16 heavy (non-hydrogen) atoms. The number of rotatable bonds is 4. The molecule has 0 unspecified atom stereocenters. The largest absolute Gasteiger partial charge is 0.871 e. The molecule has 0 fully saturated rings. The Bertz CT molecular complexity index is 454. The maximum atomic E-state index is 11.4. The number of phosphoric acid groups is 1. The summed E-state index contributed by atoms with van der Waals surface area (Å²) in [5, 5.41) is 11.4. The Morgan fingerprint density at radius 2 is 2.25 bits per heavy atom. The molecule has 88 valence electrons. The Morgan fingerprint density at radius 1 is 1.62 bits per heavy atom. The minimum atomic E-state index is -4.63. The highest BCUT2D eigenvalue weighted by molar-refractivity contribution is 7.46. The molecule has 0 saturated heterocycles. The lowest BCUT2D eigenvalue weighted by atomic mass is 10.1. The standard InChI is InChI=1S/C8H10NO6P/c1-5-8(11)7(3-10)6(2-9-5)4-15-16(12,13)14/h2-3,11H,4H2,1H3,(H2,12,13,14)/p-1. The zero-order valence-electron chi connectivity index (χ0n) is 8.28. The summed E-state index contributed by atoms with van der Waals surface area (Å²) in [6.45, 7) is 0.893. The number of aromatic nitrogens is 1. The third kappa shape index (κ3) is 3.11. The second kappa shape index (κ2) is 4.71. The number of hydrogen-bond donors (Lipinski definition) is 2. The number of hydrogen-bond acceptors (Lipinski definition) is 5. The molecule has 1 aromatic rings. The summed E-state index contributed by atoms with van der Waals surface area (Å²) in [6, 6.07) is 0. The van der Waals surface area contributed by atoms with Gasteiger partial charge in [0.2, 0.25) is 0 Å². The van der Waals surface area contributed by atoms with Gasteiger partial charge in [0.25, 0.3) is 0 Å². The highest BCUT2D eigenvalue weighted by Gasteiger charge is 2.15. The van der Waals surface area contributed by atoms with E-state index in [4.69, 9.17) is 9.79 Å². The lowest BCUT2D eigenvalue weighted by molar-refractivity contribution is -0.270. The number of pyridine rings is 1. The molecule has 0 aliphatic heterocycles. The van der Waals surface area contributed by atoms with Crippen LogP contribution in [0.3, 0.4) is 0 Å². The van der Waals surface area contributed by atoms with Gasteiger partial charge in [-0.05, 0) is 6.92 Å². The van der Waals surface area contributed by atoms with E-state index in [-0.39, 0.29) is 16.8 Å². The van der Waals surface area contributed by atoms with Gasteiger partial charge in [-0.25, -0.2) is 4.57 Å². The van der Waals surface area contributed by atoms with E-state index in [2.05, 4.69) is 9.51 Å². The second-order valence-electron chi connectivity index (χ2n) is 2.99. The van der Waals surface area contributed by atoms with Crippen molar-refractivity contribution in [3.63, 3.8) is 0 Å². The zero-order chi connectivity index (χ0) is 12.3. The molecule has 0 aromatic carbocycles. The molecule has 0 aliphatic rings. The van der Waals surface area contributed by atoms with Crippen molar-refractivity contribution in [2.45, 2.75) is 13.5 Å². The summed E-state index contributed by atoms with van der Waals surface area (Å²) in [4.78, 5) is 31.3. The van der Waals surface area contributed by atoms with Gasteiger partial charge in [-0.2, -0.15) is 0 Å². The smallest absolute Gasteiger partial charge is 0.469 e. The van der Waals surface area contributed by atoms with Crippen molar-refractivity contribution in [3.05, 3.63) is 23.0 Å². The van der Waals surface area contributed by atoms with Gasteiger partial charge in [-0.1, -0.05) is 5.75 Å². The molecule has 0 aliphatic carbocycles. The average Bonchev–Trinajstić information content (AvgIpc) is 2.18. The summed E-state index contributed by atoms with van der Waals surface area (Å²) in [5.41, 5.74) is -0.00287. The van der Waals surface area contributed by atoms with Crippen molar-refractivity contribution in [2.75, 3.05) is 0 Å². The maximum absolute atomic E-state index is 11.4. The topological polar surface area (TPSA) is 120 Å². The van der Waals surface area contributed by atoms with Crippen molar-refractivity contribution < 1.29 is 28.8 Å². The molecular weight excluding hydrogens is 237 g/mol. The van der Waals surface area contributed by atoms with E-state index in [1.165, 1.54) is 13.1 Å². The molecule has 1 aromatic heterocycles. The molecule has 7 nitrogen and oxygen atoms in total. The van der Waals surface area contributed by atoms with E-state index in [1.807, 2.05) is 0 Å². The highest BCUT2D eigenvalue weighted by atomic mass is 31.2. The van der Waals surface area contributed by atoms with Gasteiger partial charge in [-0.15, -0.1) is 0 Å². The first kappa shape index (κ1) is 12.8. The minimum Gasteiger partial charge on any atom is -0.871 e. The van der Waals surface area contributed by atoms with Gasteiger partial charge < -0.3 is 14.9 Å². The molecule has 0 saturated carbocycles. The number of phosphoric ester groups is 1. The summed E-state index contributed by atoms with van der Waals surface area (Å²) < 4.78 is 14.6. The van der Waals surface area contributed by atoms with Gasteiger partial charge in [0.05, 0.1) is 6.61 Å². The van der Waals surface area contributed by atoms with Crippen molar-refractivity contribution in [1.82, 2.24) is 4.98 Å². The fraction of sp³-hybridized carbons (Fsp3) is 0.250. The highest BCUT2D eigenvalue weighted by Crippen LogP contribution is 2.37. The Morgan fingerprint density at radius 3 is 2.75 bits per heavy atom. The van der Waals surface area contributed by atoms with Crippen LogP contribution in [0.25, 0.3) is 0 Å². The summed E-state index contributed by atoms with van der Waals surface area (Å²) in [6.07, 6.45) is 1.49. The van der Waals surface area contributed by atoms with Crippen LogP contribution in [0.1, 0.15) is 21.6 Å². The number of carbonyl (C=O) groups is 1. The molecule has 0 atom stereocenters. The number of aryl methyl sites for hydroxylation is 1. The molecule has 0 bridgehead atoms. The minimum absolute atomic E-state index is 0.0499. The Balaban J connectivity index is 3.01. The van der Waals surface area contributed by atoms with E-state index < -0.39 is 20.2 Å². The Labute approximate surface area is 91.0 Å². The van der Waals surface area contributed by atoms with E-state index >= 15 is 0 Å². The summed E-state index contributed by atoms with van der Waals surface area (Å²) in [7, 11) is -4.63. The normalized spacial score (nSPS) is 11.4. The summed E-state index contributed by atoms with van der Waals surface area (Å²) in [5.74, 6) is -0.568. The van der Waals surface area contributed by atoms with Crippen LogP contribution in [-0.2, 0) is 15.7 Å². The van der Waals surface area contributed by atoms with Crippen molar-refractivity contribution in [2.24, 2.45) is 0 Å². The Kier molecular flexibility index (Phi) is 3.77. The molecular formula is C8H9NO6P-. The second-order valence-corrected chi connectivity index (χ2v) is 4.23. The van der Waals surface area contributed by atoms with Crippen molar-refractivity contribution in [3.8, 4) is 5.75 Å². The van der Waals surface area contributed by atoms with E-state index in [1.54, 1.807) is 0 Å². The number of aldehydes is 1. The molecule has 1 rings (SSSR count). The number of nitrogens with zero attached hydrogens (tertiary/aromatic N) is 1. The van der Waals surface area contributed by atoms with Crippen LogP contribution in [0, 0.1) is 6.92 Å². The molecule has 2 N–H and O–H groups in total. The van der Waals surface area contributed by atoms with E-state index in [0.29, 0.717) is 6.29 Å². The Hall–Kier alpha value is -1.27. The van der Waals surface area contributed by atoms with Crippen molar-refractivity contribution >= 4 is 14.1 Å². The third-order valence-corrected chi connectivity index (χ3v) is 2.30. The molecule has 0 amide bonds. The van der Waals surface area contributed by atoms with E-state index in [9.17, 15) is 14.5 Å². The van der Waals surface area contributed by atoms with Gasteiger partial charge in [0, 0.05) is 23.0 Å². The van der Waals surface area contributed by atoms with Gasteiger partial charge in [0.1, 0.15) is 6.29 Å². The van der Waals surface area contributed by atoms with Crippen LogP contribution in [0.15, 0.2) is 6.20 Å². The van der Waals surface area contributed by atoms with Gasteiger partial charge >= 0.3 is 7.82 Å². The predicted molar refractivity (Wildman–Crippen MR) is 50.6 cm³/mol. The maximum Gasteiger partial charge on any atom is 0.469 e.